The minimum absolute atomic E-state index is 0.0112. The van der Waals surface area contributed by atoms with Gasteiger partial charge in [0.1, 0.15) is 28.7 Å². The van der Waals surface area contributed by atoms with Crippen LogP contribution in [-0.2, 0) is 22.1 Å². The molecule has 1 N–H and O–H groups in total. The summed E-state index contributed by atoms with van der Waals surface area (Å²) in [6.45, 7) is 4.97. The zero-order valence-corrected chi connectivity index (χ0v) is 22.3. The second kappa shape index (κ2) is 11.7. The fraction of sp³-hybridized carbons (Fsp3) is 0.233. The Labute approximate surface area is 232 Å². The number of esters is 1. The Hall–Kier alpha value is -4.80. The van der Waals surface area contributed by atoms with E-state index in [4.69, 9.17) is 18.6 Å². The van der Waals surface area contributed by atoms with E-state index in [2.05, 4.69) is 5.32 Å². The van der Waals surface area contributed by atoms with Crippen LogP contribution in [-0.4, -0.2) is 23.7 Å². The van der Waals surface area contributed by atoms with Crippen molar-refractivity contribution in [3.05, 3.63) is 100 Å². The summed E-state index contributed by atoms with van der Waals surface area (Å²) in [4.78, 5) is 38.6. The highest BCUT2D eigenvalue weighted by molar-refractivity contribution is 5.85. The van der Waals surface area contributed by atoms with Gasteiger partial charge in [0, 0.05) is 12.5 Å². The van der Waals surface area contributed by atoms with Crippen molar-refractivity contribution in [2.45, 2.75) is 45.0 Å². The lowest BCUT2D eigenvalue weighted by Crippen LogP contribution is -2.46. The van der Waals surface area contributed by atoms with Gasteiger partial charge in [-0.1, -0.05) is 48.5 Å². The molecule has 1 aromatic heterocycles. The number of alkyl carbamates (subject to hydrolysis) is 1. The standard InChI is InChI=1S/C30H26F3NO7/c1-29(2,3)41-28(37)34-22(16-18-10-6-4-7-11-18)27(36)39-20-14-15-21-23(17-20)40-26(30(31,32)33)25(24(21)35)38-19-12-8-5-9-13-19/h4-15,17,22H,16H2,1-3H3,(H,34,37). The molecule has 0 aliphatic heterocycles. The first-order valence-electron chi connectivity index (χ1n) is 12.5. The lowest BCUT2D eigenvalue weighted by Gasteiger charge is -2.23. The van der Waals surface area contributed by atoms with Gasteiger partial charge in [0.2, 0.25) is 11.2 Å². The maximum absolute atomic E-state index is 13.9. The molecule has 214 valence electrons. The highest BCUT2D eigenvalue weighted by Gasteiger charge is 2.40. The number of ether oxygens (including phenoxy) is 3. The maximum atomic E-state index is 13.9. The van der Waals surface area contributed by atoms with Gasteiger partial charge >= 0.3 is 18.2 Å². The van der Waals surface area contributed by atoms with E-state index in [1.54, 1.807) is 57.2 Å². The molecule has 0 fully saturated rings. The summed E-state index contributed by atoms with van der Waals surface area (Å²) in [7, 11) is 0. The fourth-order valence-electron chi connectivity index (χ4n) is 3.79. The van der Waals surface area contributed by atoms with Crippen LogP contribution in [0.4, 0.5) is 18.0 Å². The Morgan fingerprint density at radius 3 is 2.15 bits per heavy atom. The second-order valence-electron chi connectivity index (χ2n) is 9.97. The summed E-state index contributed by atoms with van der Waals surface area (Å²) in [5.41, 5.74) is -1.67. The number of halogens is 3. The number of para-hydroxylation sites is 1. The lowest BCUT2D eigenvalue weighted by molar-refractivity contribution is -0.154. The van der Waals surface area contributed by atoms with Crippen molar-refractivity contribution in [1.82, 2.24) is 5.32 Å². The minimum atomic E-state index is -5.07. The summed E-state index contributed by atoms with van der Waals surface area (Å²) >= 11 is 0. The number of hydrogen-bond acceptors (Lipinski definition) is 7. The van der Waals surface area contributed by atoms with Gasteiger partial charge in [-0.05, 0) is 50.6 Å². The van der Waals surface area contributed by atoms with Crippen LogP contribution in [0.1, 0.15) is 32.1 Å². The molecule has 11 heteroatoms. The van der Waals surface area contributed by atoms with Crippen molar-refractivity contribution in [3.63, 3.8) is 0 Å². The monoisotopic (exact) mass is 569 g/mol. The number of alkyl halides is 3. The molecule has 1 atom stereocenters. The van der Waals surface area contributed by atoms with Crippen LogP contribution >= 0.6 is 0 Å². The number of carbonyl (C=O) groups excluding carboxylic acids is 2. The molecule has 3 aromatic carbocycles. The first kappa shape index (κ1) is 29.2. The van der Waals surface area contributed by atoms with Gasteiger partial charge in [0.15, 0.2) is 0 Å². The van der Waals surface area contributed by atoms with Gasteiger partial charge in [0.25, 0.3) is 5.76 Å². The van der Waals surface area contributed by atoms with Crippen molar-refractivity contribution in [1.29, 1.82) is 0 Å². The number of amides is 1. The molecule has 4 aromatic rings. The first-order valence-corrected chi connectivity index (χ1v) is 12.5. The Bertz CT molecular complexity index is 1590. The third-order valence-corrected chi connectivity index (χ3v) is 5.52. The van der Waals surface area contributed by atoms with Gasteiger partial charge in [-0.2, -0.15) is 13.2 Å². The van der Waals surface area contributed by atoms with E-state index in [0.717, 1.165) is 12.1 Å². The van der Waals surface area contributed by atoms with E-state index < -0.39 is 52.4 Å². The van der Waals surface area contributed by atoms with Gasteiger partial charge in [-0.25, -0.2) is 9.59 Å². The van der Waals surface area contributed by atoms with E-state index in [9.17, 15) is 27.6 Å². The highest BCUT2D eigenvalue weighted by Crippen LogP contribution is 2.38. The molecule has 0 spiro atoms. The Morgan fingerprint density at radius 1 is 0.902 bits per heavy atom. The fourth-order valence-corrected chi connectivity index (χ4v) is 3.79. The van der Waals surface area contributed by atoms with Crippen molar-refractivity contribution in [3.8, 4) is 17.2 Å². The summed E-state index contributed by atoms with van der Waals surface area (Å²) in [6, 6.07) is 18.4. The molecule has 4 rings (SSSR count). The SMILES string of the molecule is CC(C)(C)OC(=O)NC(Cc1ccccc1)C(=O)Oc1ccc2c(=O)c(Oc3ccccc3)c(C(F)(F)F)oc2c1. The maximum Gasteiger partial charge on any atom is 0.453 e. The molecule has 0 bridgehead atoms. The number of benzene rings is 3. The van der Waals surface area contributed by atoms with E-state index in [1.165, 1.54) is 30.3 Å². The molecule has 0 saturated carbocycles. The lowest BCUT2D eigenvalue weighted by atomic mass is 10.1. The van der Waals surface area contributed by atoms with Crippen molar-refractivity contribution in [2.75, 3.05) is 0 Å². The Morgan fingerprint density at radius 2 is 1.54 bits per heavy atom. The molecule has 1 unspecified atom stereocenters. The van der Waals surface area contributed by atoms with Crippen molar-refractivity contribution < 1.29 is 41.4 Å². The van der Waals surface area contributed by atoms with E-state index in [1.807, 2.05) is 0 Å². The average molecular weight is 570 g/mol. The number of hydrogen-bond donors (Lipinski definition) is 1. The van der Waals surface area contributed by atoms with Gasteiger partial charge < -0.3 is 23.9 Å². The van der Waals surface area contributed by atoms with Gasteiger partial charge in [-0.15, -0.1) is 0 Å². The van der Waals surface area contributed by atoms with Crippen LogP contribution in [0.2, 0.25) is 0 Å². The first-order chi connectivity index (χ1) is 19.3. The zero-order chi connectivity index (χ0) is 29.8. The molecule has 0 radical (unpaired) electrons. The predicted octanol–water partition coefficient (Wildman–Crippen LogP) is 6.65. The molecule has 0 saturated heterocycles. The molecule has 1 amide bonds. The quantitative estimate of drug-likeness (QED) is 0.196. The van der Waals surface area contributed by atoms with Crippen molar-refractivity contribution >= 4 is 23.0 Å². The van der Waals surface area contributed by atoms with Crippen LogP contribution < -0.4 is 20.2 Å². The normalized spacial score (nSPS) is 12.4. The number of fused-ring (bicyclic) bond motifs is 1. The van der Waals surface area contributed by atoms with E-state index >= 15 is 0 Å². The van der Waals surface area contributed by atoms with Crippen LogP contribution in [0.15, 0.2) is 88.1 Å². The van der Waals surface area contributed by atoms with Gasteiger partial charge in [-0.3, -0.25) is 4.79 Å². The van der Waals surface area contributed by atoms with Crippen molar-refractivity contribution in [2.24, 2.45) is 0 Å². The number of rotatable bonds is 7. The minimum Gasteiger partial charge on any atom is -0.449 e. The summed E-state index contributed by atoms with van der Waals surface area (Å²) < 4.78 is 62.6. The van der Waals surface area contributed by atoms with E-state index in [0.29, 0.717) is 5.56 Å². The summed E-state index contributed by atoms with van der Waals surface area (Å²) in [5, 5.41) is 2.25. The summed E-state index contributed by atoms with van der Waals surface area (Å²) in [5.74, 6) is -3.78. The third kappa shape index (κ3) is 7.65. The molecular weight excluding hydrogens is 543 g/mol. The van der Waals surface area contributed by atoms with Crippen LogP contribution in [0.3, 0.4) is 0 Å². The largest absolute Gasteiger partial charge is 0.453 e. The molecule has 1 heterocycles. The second-order valence-corrected chi connectivity index (χ2v) is 9.97. The topological polar surface area (TPSA) is 104 Å². The predicted molar refractivity (Wildman–Crippen MR) is 143 cm³/mol. The third-order valence-electron chi connectivity index (χ3n) is 5.52. The average Bonchev–Trinajstić information content (AvgIpc) is 2.89. The smallest absolute Gasteiger partial charge is 0.449 e. The van der Waals surface area contributed by atoms with Crippen LogP contribution in [0.5, 0.6) is 17.2 Å². The Balaban J connectivity index is 1.65. The number of nitrogens with one attached hydrogen (secondary N) is 1. The number of carbonyl (C=O) groups is 2. The molecular formula is C30H26F3NO7. The van der Waals surface area contributed by atoms with Gasteiger partial charge in [0.05, 0.1) is 5.39 Å². The highest BCUT2D eigenvalue weighted by atomic mass is 19.4. The summed E-state index contributed by atoms with van der Waals surface area (Å²) in [6.07, 6.45) is -5.89. The zero-order valence-electron chi connectivity index (χ0n) is 22.3. The van der Waals surface area contributed by atoms with Crippen LogP contribution in [0, 0.1) is 0 Å². The molecule has 0 aliphatic rings. The molecule has 8 nitrogen and oxygen atoms in total. The van der Waals surface area contributed by atoms with Crippen LogP contribution in [0.25, 0.3) is 11.0 Å². The molecule has 41 heavy (non-hydrogen) atoms. The Kier molecular flexibility index (Phi) is 8.36. The molecule has 0 aliphatic carbocycles. The van der Waals surface area contributed by atoms with E-state index in [-0.39, 0.29) is 23.3 Å².